The number of benzene rings is 1. The molecule has 14 heteroatoms. The number of sulfonamides is 1. The Bertz CT molecular complexity index is 1530. The van der Waals surface area contributed by atoms with Gasteiger partial charge in [0.2, 0.25) is 5.91 Å². The number of hydrogen-bond acceptors (Lipinski definition) is 8. The van der Waals surface area contributed by atoms with Crippen LogP contribution < -0.4 is 11.1 Å². The molecule has 3 aromatic rings. The summed E-state index contributed by atoms with van der Waals surface area (Å²) in [5.41, 5.74) is 7.53. The second-order valence-corrected chi connectivity index (χ2v) is 12.6. The first-order valence-corrected chi connectivity index (χ1v) is 14.5. The second kappa shape index (κ2) is 10.1. The topological polar surface area (TPSA) is 169 Å². The van der Waals surface area contributed by atoms with E-state index >= 15 is 0 Å². The summed E-state index contributed by atoms with van der Waals surface area (Å²) in [7, 11) is -0.413. The van der Waals surface area contributed by atoms with Crippen LogP contribution in [0.3, 0.4) is 0 Å². The Hall–Kier alpha value is -3.33. The molecule has 1 unspecified atom stereocenters. The van der Waals surface area contributed by atoms with Gasteiger partial charge in [-0.1, -0.05) is 12.1 Å². The van der Waals surface area contributed by atoms with Gasteiger partial charge in [0.1, 0.15) is 10.9 Å². The molecular weight excluding hydrogens is 528 g/mol. The minimum Gasteiger partial charge on any atom is -0.384 e. The third kappa shape index (κ3) is 4.91. The molecule has 12 nitrogen and oxygen atoms in total. The molecule has 0 bridgehead atoms. The Morgan fingerprint density at radius 1 is 1.26 bits per heavy atom. The van der Waals surface area contributed by atoms with Crippen LogP contribution in [0.1, 0.15) is 32.4 Å². The molecule has 2 aromatic heterocycles. The third-order valence-corrected chi connectivity index (χ3v) is 9.90. The van der Waals surface area contributed by atoms with Crippen molar-refractivity contribution in [3.8, 4) is 0 Å². The highest BCUT2D eigenvalue weighted by atomic mass is 32.2. The zero-order valence-electron chi connectivity index (χ0n) is 21.2. The molecule has 0 saturated carbocycles. The summed E-state index contributed by atoms with van der Waals surface area (Å²) in [5.74, 6) is -0.674. The maximum atomic E-state index is 13.6. The van der Waals surface area contributed by atoms with Crippen molar-refractivity contribution in [2.45, 2.75) is 30.5 Å². The van der Waals surface area contributed by atoms with Crippen molar-refractivity contribution >= 4 is 49.9 Å². The van der Waals surface area contributed by atoms with Gasteiger partial charge in [-0.25, -0.2) is 13.4 Å². The number of nitrogen functional groups attached to an aromatic ring is 1. The first-order valence-electron chi connectivity index (χ1n) is 12.2. The number of H-pyrrole nitrogens is 1. The van der Waals surface area contributed by atoms with Gasteiger partial charge in [0, 0.05) is 74.0 Å². The van der Waals surface area contributed by atoms with Crippen LogP contribution in [0.4, 0.5) is 0 Å². The first kappa shape index (κ1) is 26.3. The molecule has 5 rings (SSSR count). The molecule has 1 saturated heterocycles. The quantitative estimate of drug-likeness (QED) is 0.253. The van der Waals surface area contributed by atoms with Crippen molar-refractivity contribution in [2.75, 3.05) is 40.3 Å². The number of carbonyl (C=O) groups is 2. The van der Waals surface area contributed by atoms with Crippen LogP contribution in [0.2, 0.25) is 0 Å². The van der Waals surface area contributed by atoms with E-state index in [2.05, 4.69) is 20.2 Å². The molecule has 5 N–H and O–H groups in total. The fourth-order valence-corrected chi connectivity index (χ4v) is 7.51. The Balaban J connectivity index is 1.40. The minimum atomic E-state index is -3.95. The predicted molar refractivity (Wildman–Crippen MR) is 144 cm³/mol. The molecule has 2 amide bonds. The summed E-state index contributed by atoms with van der Waals surface area (Å²) in [6.45, 7) is 1.82. The summed E-state index contributed by atoms with van der Waals surface area (Å²) in [6, 6.07) is 5.89. The van der Waals surface area contributed by atoms with Crippen molar-refractivity contribution in [3.63, 3.8) is 0 Å². The maximum absolute atomic E-state index is 13.6. The van der Waals surface area contributed by atoms with E-state index < -0.39 is 16.1 Å². The zero-order valence-corrected chi connectivity index (χ0v) is 22.8. The Morgan fingerprint density at radius 2 is 2.05 bits per heavy atom. The molecule has 1 aromatic carbocycles. The number of fused-ring (bicyclic) bond motifs is 2. The molecule has 38 heavy (non-hydrogen) atoms. The SMILES string of the molecule is CNC(=O)CC1CN(S(=O)(=O)c2cc3ccc(C(=N)N)cc3[nH]2)CCN1C(=O)c1nc2c(s1)CN(C)CC2. The van der Waals surface area contributed by atoms with E-state index in [0.29, 0.717) is 21.5 Å². The molecule has 0 spiro atoms. The van der Waals surface area contributed by atoms with E-state index in [0.717, 1.165) is 30.1 Å². The number of hydrogen-bond donors (Lipinski definition) is 4. The molecule has 0 radical (unpaired) electrons. The van der Waals surface area contributed by atoms with Crippen molar-refractivity contribution in [1.82, 2.24) is 29.4 Å². The van der Waals surface area contributed by atoms with Crippen molar-refractivity contribution in [1.29, 1.82) is 5.41 Å². The normalized spacial score (nSPS) is 18.9. The van der Waals surface area contributed by atoms with E-state index in [1.54, 1.807) is 23.1 Å². The third-order valence-electron chi connectivity index (χ3n) is 7.04. The average molecular weight is 559 g/mol. The van der Waals surface area contributed by atoms with Gasteiger partial charge in [0.15, 0.2) is 5.01 Å². The number of likely N-dealkylation sites (N-methyl/N-ethyl adjacent to an activating group) is 1. The predicted octanol–water partition coefficient (Wildman–Crippen LogP) is 0.548. The van der Waals surface area contributed by atoms with Gasteiger partial charge < -0.3 is 25.8 Å². The van der Waals surface area contributed by atoms with E-state index in [-0.39, 0.29) is 48.7 Å². The lowest BCUT2D eigenvalue weighted by Gasteiger charge is -2.40. The fourth-order valence-electron chi connectivity index (χ4n) is 4.89. The first-order chi connectivity index (χ1) is 18.1. The molecule has 1 fully saturated rings. The average Bonchev–Trinajstić information content (AvgIpc) is 3.52. The molecule has 1 atom stereocenters. The number of amides is 2. The zero-order chi connectivity index (χ0) is 27.2. The standard InChI is InChI=1S/C24H30N8O4S2/c1-27-20(33)11-16-12-31(38(35,36)21-10-14-3-4-15(22(25)26)9-18(14)28-21)7-8-32(16)24(34)23-29-17-5-6-30(2)13-19(17)37-23/h3-4,9-10,16,28H,5-8,11-13H2,1-2H3,(H3,25,26)(H,27,33). The van der Waals surface area contributed by atoms with Crippen LogP contribution in [-0.4, -0.2) is 96.5 Å². The lowest BCUT2D eigenvalue weighted by Crippen LogP contribution is -2.57. The number of carbonyl (C=O) groups excluding carboxylic acids is 2. The van der Waals surface area contributed by atoms with Gasteiger partial charge in [0.05, 0.1) is 11.7 Å². The highest BCUT2D eigenvalue weighted by molar-refractivity contribution is 7.89. The minimum absolute atomic E-state index is 0.00314. The van der Waals surface area contributed by atoms with Crippen LogP contribution in [-0.2, 0) is 27.8 Å². The summed E-state index contributed by atoms with van der Waals surface area (Å²) in [4.78, 5) is 38.2. The molecular formula is C24H30N8O4S2. The lowest BCUT2D eigenvalue weighted by atomic mass is 10.1. The smallest absolute Gasteiger partial charge is 0.283 e. The Labute approximate surface area is 224 Å². The monoisotopic (exact) mass is 558 g/mol. The summed E-state index contributed by atoms with van der Waals surface area (Å²) in [6.07, 6.45) is 0.748. The Kier molecular flexibility index (Phi) is 6.98. The van der Waals surface area contributed by atoms with Gasteiger partial charge in [-0.2, -0.15) is 4.31 Å². The molecule has 2 aliphatic heterocycles. The van der Waals surface area contributed by atoms with Gasteiger partial charge in [0.25, 0.3) is 15.9 Å². The molecule has 4 heterocycles. The highest BCUT2D eigenvalue weighted by Crippen LogP contribution is 2.29. The van der Waals surface area contributed by atoms with Gasteiger partial charge >= 0.3 is 0 Å². The Morgan fingerprint density at radius 3 is 2.79 bits per heavy atom. The van der Waals surface area contributed by atoms with E-state index in [9.17, 15) is 18.0 Å². The van der Waals surface area contributed by atoms with Gasteiger partial charge in [-0.3, -0.25) is 15.0 Å². The van der Waals surface area contributed by atoms with Crippen LogP contribution >= 0.6 is 11.3 Å². The number of nitrogens with zero attached hydrogens (tertiary/aromatic N) is 4. The summed E-state index contributed by atoms with van der Waals surface area (Å²) >= 11 is 1.37. The number of nitrogens with one attached hydrogen (secondary N) is 3. The molecule has 2 aliphatic rings. The second-order valence-electron chi connectivity index (χ2n) is 9.62. The van der Waals surface area contributed by atoms with Crippen LogP contribution in [0.5, 0.6) is 0 Å². The van der Waals surface area contributed by atoms with Gasteiger partial charge in [-0.15, -0.1) is 11.3 Å². The number of piperazine rings is 1. The van der Waals surface area contributed by atoms with E-state index in [1.165, 1.54) is 28.8 Å². The number of rotatable bonds is 6. The maximum Gasteiger partial charge on any atom is 0.283 e. The number of nitrogens with two attached hydrogens (primary N) is 1. The number of aromatic amines is 1. The van der Waals surface area contributed by atoms with Crippen LogP contribution in [0.25, 0.3) is 10.9 Å². The number of aromatic nitrogens is 2. The molecule has 0 aliphatic carbocycles. The van der Waals surface area contributed by atoms with Gasteiger partial charge in [-0.05, 0) is 19.2 Å². The van der Waals surface area contributed by atoms with Crippen LogP contribution in [0.15, 0.2) is 29.3 Å². The lowest BCUT2D eigenvalue weighted by molar-refractivity contribution is -0.121. The van der Waals surface area contributed by atoms with E-state index in [4.69, 9.17) is 11.1 Å². The highest BCUT2D eigenvalue weighted by Gasteiger charge is 2.39. The van der Waals surface area contributed by atoms with Crippen molar-refractivity contribution in [3.05, 3.63) is 45.4 Å². The van der Waals surface area contributed by atoms with Crippen molar-refractivity contribution < 1.29 is 18.0 Å². The summed E-state index contributed by atoms with van der Waals surface area (Å²) in [5, 5.41) is 11.2. The van der Waals surface area contributed by atoms with E-state index in [1.807, 2.05) is 7.05 Å². The van der Waals surface area contributed by atoms with Crippen LogP contribution in [0, 0.1) is 5.41 Å². The molecule has 202 valence electrons. The number of thiazole rings is 1. The largest absolute Gasteiger partial charge is 0.384 e. The summed E-state index contributed by atoms with van der Waals surface area (Å²) < 4.78 is 28.5. The number of amidine groups is 1. The fraction of sp³-hybridized carbons (Fsp3) is 0.417. The van der Waals surface area contributed by atoms with Crippen molar-refractivity contribution in [2.24, 2.45) is 5.73 Å².